The molecule has 1 atom stereocenters. The molecule has 2 N–H and O–H groups in total. The molecule has 1 saturated heterocycles. The molecule has 19 heavy (non-hydrogen) atoms. The van der Waals surface area contributed by atoms with E-state index in [1.54, 1.807) is 0 Å². The Kier molecular flexibility index (Phi) is 5.66. The Morgan fingerprint density at radius 2 is 2.47 bits per heavy atom. The van der Waals surface area contributed by atoms with Crippen LogP contribution >= 0.6 is 11.3 Å². The molecule has 1 unspecified atom stereocenters. The number of hydrogen-bond acceptors (Lipinski definition) is 3. The summed E-state index contributed by atoms with van der Waals surface area (Å²) in [7, 11) is 3.71. The van der Waals surface area contributed by atoms with Gasteiger partial charge in [-0.25, -0.2) is 0 Å². The molecule has 0 radical (unpaired) electrons. The van der Waals surface area contributed by atoms with Crippen molar-refractivity contribution in [2.24, 2.45) is 10.9 Å². The third-order valence-electron chi connectivity index (χ3n) is 3.58. The summed E-state index contributed by atoms with van der Waals surface area (Å²) in [5.74, 6) is 1.61. The van der Waals surface area contributed by atoms with Gasteiger partial charge in [-0.15, -0.1) is 11.3 Å². The van der Waals surface area contributed by atoms with E-state index in [2.05, 4.69) is 38.0 Å². The maximum atomic E-state index is 4.15. The van der Waals surface area contributed by atoms with Crippen molar-refractivity contribution >= 4 is 17.3 Å². The van der Waals surface area contributed by atoms with Crippen LogP contribution in [-0.4, -0.2) is 44.6 Å². The van der Waals surface area contributed by atoms with Gasteiger partial charge in [0.15, 0.2) is 5.96 Å². The summed E-state index contributed by atoms with van der Waals surface area (Å²) in [5, 5.41) is 8.61. The highest BCUT2D eigenvalue weighted by Gasteiger charge is 2.20. The smallest absolute Gasteiger partial charge is 0.190 e. The van der Waals surface area contributed by atoms with Crippen LogP contribution in [0.5, 0.6) is 0 Å². The van der Waals surface area contributed by atoms with Crippen LogP contribution in [-0.2, 0) is 6.54 Å². The molecule has 1 fully saturated rings. The Labute approximate surface area is 119 Å². The Morgan fingerprint density at radius 1 is 1.58 bits per heavy atom. The van der Waals surface area contributed by atoms with E-state index >= 15 is 0 Å². The molecule has 2 heterocycles. The number of piperidine rings is 1. The van der Waals surface area contributed by atoms with Crippen LogP contribution in [0.2, 0.25) is 0 Å². The Balaban J connectivity index is 1.77. The van der Waals surface area contributed by atoms with Crippen molar-refractivity contribution < 1.29 is 0 Å². The van der Waals surface area contributed by atoms with Gasteiger partial charge in [0.2, 0.25) is 0 Å². The van der Waals surface area contributed by atoms with E-state index in [4.69, 9.17) is 0 Å². The van der Waals surface area contributed by atoms with Crippen LogP contribution in [0.4, 0.5) is 0 Å². The first-order valence-corrected chi connectivity index (χ1v) is 7.83. The van der Waals surface area contributed by atoms with E-state index in [-0.39, 0.29) is 0 Å². The molecule has 1 aliphatic heterocycles. The van der Waals surface area contributed by atoms with Crippen molar-refractivity contribution in [3.05, 3.63) is 22.4 Å². The average Bonchev–Trinajstić information content (AvgIpc) is 2.93. The minimum absolute atomic E-state index is 0.721. The van der Waals surface area contributed by atoms with E-state index in [0.29, 0.717) is 0 Å². The van der Waals surface area contributed by atoms with Gasteiger partial charge in [0.1, 0.15) is 0 Å². The maximum absolute atomic E-state index is 4.15. The van der Waals surface area contributed by atoms with E-state index in [0.717, 1.165) is 25.0 Å². The highest BCUT2D eigenvalue weighted by Crippen LogP contribution is 2.19. The molecule has 1 aromatic heterocycles. The van der Waals surface area contributed by atoms with Crippen molar-refractivity contribution in [2.75, 3.05) is 33.7 Å². The fourth-order valence-electron chi connectivity index (χ4n) is 2.60. The SMILES string of the molecule is CN=C(NC)NCC1CCCN(Cc2cccs2)C1. The number of thiophene rings is 1. The second-order valence-corrected chi connectivity index (χ2v) is 6.06. The number of likely N-dealkylation sites (tertiary alicyclic amines) is 1. The lowest BCUT2D eigenvalue weighted by Gasteiger charge is -2.32. The molecule has 0 saturated carbocycles. The van der Waals surface area contributed by atoms with E-state index in [1.807, 2.05) is 25.4 Å². The zero-order valence-electron chi connectivity index (χ0n) is 11.9. The van der Waals surface area contributed by atoms with Gasteiger partial charge in [-0.3, -0.25) is 9.89 Å². The molecule has 0 spiro atoms. The van der Waals surface area contributed by atoms with Gasteiger partial charge in [0.05, 0.1) is 0 Å². The maximum Gasteiger partial charge on any atom is 0.190 e. The summed E-state index contributed by atoms with van der Waals surface area (Å²) >= 11 is 1.86. The summed E-state index contributed by atoms with van der Waals surface area (Å²) in [6.07, 6.45) is 2.62. The van der Waals surface area contributed by atoms with Crippen molar-refractivity contribution in [1.82, 2.24) is 15.5 Å². The van der Waals surface area contributed by atoms with Gasteiger partial charge in [-0.1, -0.05) is 6.07 Å². The molecule has 1 aliphatic rings. The summed E-state index contributed by atoms with van der Waals surface area (Å²) in [6.45, 7) is 4.53. The van der Waals surface area contributed by atoms with Gasteiger partial charge in [-0.2, -0.15) is 0 Å². The predicted octanol–water partition coefficient (Wildman–Crippen LogP) is 1.75. The molecule has 0 amide bonds. The van der Waals surface area contributed by atoms with Crippen LogP contribution in [0.25, 0.3) is 0 Å². The van der Waals surface area contributed by atoms with Crippen LogP contribution in [0.1, 0.15) is 17.7 Å². The van der Waals surface area contributed by atoms with E-state index < -0.39 is 0 Å². The second kappa shape index (κ2) is 7.50. The molecule has 0 bridgehead atoms. The van der Waals surface area contributed by atoms with Crippen molar-refractivity contribution in [2.45, 2.75) is 19.4 Å². The normalized spacial score (nSPS) is 21.4. The summed E-state index contributed by atoms with van der Waals surface area (Å²) in [6, 6.07) is 4.37. The number of aliphatic imine (C=N–C) groups is 1. The third kappa shape index (κ3) is 4.51. The molecular formula is C14H24N4S. The lowest BCUT2D eigenvalue weighted by Crippen LogP contribution is -2.43. The largest absolute Gasteiger partial charge is 0.359 e. The fourth-order valence-corrected chi connectivity index (χ4v) is 3.35. The van der Waals surface area contributed by atoms with Gasteiger partial charge >= 0.3 is 0 Å². The molecule has 1 aromatic rings. The second-order valence-electron chi connectivity index (χ2n) is 5.03. The predicted molar refractivity (Wildman–Crippen MR) is 82.7 cm³/mol. The topological polar surface area (TPSA) is 39.7 Å². The first-order chi connectivity index (χ1) is 9.31. The van der Waals surface area contributed by atoms with Crippen LogP contribution in [0.3, 0.4) is 0 Å². The van der Waals surface area contributed by atoms with Crippen molar-refractivity contribution in [1.29, 1.82) is 0 Å². The van der Waals surface area contributed by atoms with Gasteiger partial charge in [0, 0.05) is 38.6 Å². The number of rotatable bonds is 4. The zero-order valence-corrected chi connectivity index (χ0v) is 12.7. The average molecular weight is 280 g/mol. The quantitative estimate of drug-likeness (QED) is 0.652. The van der Waals surface area contributed by atoms with Crippen LogP contribution < -0.4 is 10.6 Å². The summed E-state index contributed by atoms with van der Waals surface area (Å²) < 4.78 is 0. The molecule has 0 aliphatic carbocycles. The Hall–Kier alpha value is -1.07. The van der Waals surface area contributed by atoms with Gasteiger partial charge < -0.3 is 10.6 Å². The number of hydrogen-bond donors (Lipinski definition) is 2. The highest BCUT2D eigenvalue weighted by atomic mass is 32.1. The number of nitrogens with zero attached hydrogens (tertiary/aromatic N) is 2. The van der Waals surface area contributed by atoms with Gasteiger partial charge in [-0.05, 0) is 36.8 Å². The lowest BCUT2D eigenvalue weighted by atomic mass is 9.98. The van der Waals surface area contributed by atoms with E-state index in [9.17, 15) is 0 Å². The summed E-state index contributed by atoms with van der Waals surface area (Å²) in [5.41, 5.74) is 0. The molecule has 5 heteroatoms. The molecule has 0 aromatic carbocycles. The monoisotopic (exact) mass is 280 g/mol. The Bertz CT molecular complexity index is 388. The van der Waals surface area contributed by atoms with Crippen LogP contribution in [0.15, 0.2) is 22.5 Å². The van der Waals surface area contributed by atoms with Gasteiger partial charge in [0.25, 0.3) is 0 Å². The molecular weight excluding hydrogens is 256 g/mol. The minimum atomic E-state index is 0.721. The number of guanidine groups is 1. The first kappa shape index (κ1) is 14.3. The van der Waals surface area contributed by atoms with Crippen molar-refractivity contribution in [3.8, 4) is 0 Å². The zero-order chi connectivity index (χ0) is 13.5. The molecule has 4 nitrogen and oxygen atoms in total. The summed E-state index contributed by atoms with van der Waals surface area (Å²) in [4.78, 5) is 8.20. The standard InChI is InChI=1S/C14H24N4S/c1-15-14(16-2)17-9-12-5-3-7-18(10-12)11-13-6-4-8-19-13/h4,6,8,12H,3,5,7,9-11H2,1-2H3,(H2,15,16,17). The highest BCUT2D eigenvalue weighted by molar-refractivity contribution is 7.09. The minimum Gasteiger partial charge on any atom is -0.359 e. The molecule has 2 rings (SSSR count). The van der Waals surface area contributed by atoms with E-state index in [1.165, 1.54) is 30.8 Å². The third-order valence-corrected chi connectivity index (χ3v) is 4.44. The lowest BCUT2D eigenvalue weighted by molar-refractivity contribution is 0.169. The fraction of sp³-hybridized carbons (Fsp3) is 0.643. The first-order valence-electron chi connectivity index (χ1n) is 6.95. The van der Waals surface area contributed by atoms with Crippen LogP contribution in [0, 0.1) is 5.92 Å². The number of nitrogens with one attached hydrogen (secondary N) is 2. The Morgan fingerprint density at radius 3 is 3.16 bits per heavy atom. The molecule has 106 valence electrons. The van der Waals surface area contributed by atoms with Crippen molar-refractivity contribution in [3.63, 3.8) is 0 Å².